The molecular weight excluding hydrogens is 298 g/mol. The highest BCUT2D eigenvalue weighted by molar-refractivity contribution is 6.31. The fourth-order valence-electron chi connectivity index (χ4n) is 1.61. The van der Waals surface area contributed by atoms with E-state index in [2.05, 4.69) is 5.32 Å². The highest BCUT2D eigenvalue weighted by atomic mass is 35.5. The van der Waals surface area contributed by atoms with Crippen LogP contribution in [0.25, 0.3) is 0 Å². The summed E-state index contributed by atoms with van der Waals surface area (Å²) in [7, 11) is 0. The minimum atomic E-state index is -1.21. The monoisotopic (exact) mass is 319 g/mol. The lowest BCUT2D eigenvalue weighted by Crippen LogP contribution is -2.57. The molecule has 0 bridgehead atoms. The molecular formula is C14H22ClNO5. The summed E-state index contributed by atoms with van der Waals surface area (Å²) in [6, 6.07) is 5.18. The van der Waals surface area contributed by atoms with E-state index in [9.17, 15) is 5.11 Å². The van der Waals surface area contributed by atoms with Crippen molar-refractivity contribution >= 4 is 11.6 Å². The topological polar surface area (TPSA) is 102 Å². The molecule has 21 heavy (non-hydrogen) atoms. The normalized spacial score (nSPS) is 13.2. The van der Waals surface area contributed by atoms with Crippen molar-refractivity contribution in [2.45, 2.75) is 18.6 Å². The zero-order valence-corrected chi connectivity index (χ0v) is 12.7. The second-order valence-electron chi connectivity index (χ2n) is 5.01. The molecule has 1 unspecified atom stereocenters. The van der Waals surface area contributed by atoms with Crippen molar-refractivity contribution < 1.29 is 25.2 Å². The van der Waals surface area contributed by atoms with Gasteiger partial charge in [-0.05, 0) is 30.7 Å². The maximum Gasteiger partial charge on any atom is 0.119 e. The van der Waals surface area contributed by atoms with Crippen molar-refractivity contribution in [2.75, 3.05) is 33.0 Å². The van der Waals surface area contributed by atoms with Crippen molar-refractivity contribution in [1.82, 2.24) is 5.32 Å². The molecule has 0 spiro atoms. The predicted octanol–water partition coefficient (Wildman–Crippen LogP) is -0.307. The number of nitrogens with one attached hydrogen (secondary N) is 1. The Balaban J connectivity index is 2.43. The van der Waals surface area contributed by atoms with Crippen LogP contribution in [-0.2, 0) is 0 Å². The lowest BCUT2D eigenvalue weighted by molar-refractivity contribution is 0.0260. The van der Waals surface area contributed by atoms with Gasteiger partial charge in [-0.2, -0.15) is 0 Å². The van der Waals surface area contributed by atoms with Crippen LogP contribution >= 0.6 is 11.6 Å². The van der Waals surface area contributed by atoms with E-state index in [-0.39, 0.29) is 13.2 Å². The first kappa shape index (κ1) is 18.2. The summed E-state index contributed by atoms with van der Waals surface area (Å²) < 4.78 is 5.43. The molecule has 0 saturated carbocycles. The molecule has 0 heterocycles. The summed E-state index contributed by atoms with van der Waals surface area (Å²) in [4.78, 5) is 0. The van der Waals surface area contributed by atoms with Gasteiger partial charge in [0.2, 0.25) is 0 Å². The van der Waals surface area contributed by atoms with E-state index in [4.69, 9.17) is 31.7 Å². The lowest BCUT2D eigenvalue weighted by atomic mass is 10.0. The zero-order valence-electron chi connectivity index (χ0n) is 11.9. The summed E-state index contributed by atoms with van der Waals surface area (Å²) >= 11 is 5.91. The van der Waals surface area contributed by atoms with E-state index in [0.717, 1.165) is 5.56 Å². The van der Waals surface area contributed by atoms with Crippen LogP contribution in [0, 0.1) is 6.92 Å². The van der Waals surface area contributed by atoms with Crippen molar-refractivity contribution in [3.05, 3.63) is 28.8 Å². The molecule has 0 aliphatic carbocycles. The summed E-state index contributed by atoms with van der Waals surface area (Å²) in [6.07, 6.45) is -0.856. The SMILES string of the molecule is Cc1cc(OCC(O)CNC(CO)(CO)CO)ccc1Cl. The van der Waals surface area contributed by atoms with E-state index in [1.54, 1.807) is 18.2 Å². The summed E-state index contributed by atoms with van der Waals surface area (Å²) in [5, 5.41) is 40.6. The summed E-state index contributed by atoms with van der Waals surface area (Å²) in [5.41, 5.74) is -0.334. The Morgan fingerprint density at radius 1 is 1.24 bits per heavy atom. The van der Waals surface area contributed by atoms with Crippen LogP contribution in [-0.4, -0.2) is 65.0 Å². The zero-order chi connectivity index (χ0) is 15.9. The number of β-amino-alcohol motifs (C(OH)–C–C–N with tert-alkyl or cyclic N) is 1. The fourth-order valence-corrected chi connectivity index (χ4v) is 1.73. The Morgan fingerprint density at radius 3 is 2.38 bits per heavy atom. The summed E-state index contributed by atoms with van der Waals surface area (Å²) in [6.45, 7) is 0.629. The van der Waals surface area contributed by atoms with Gasteiger partial charge in [-0.25, -0.2) is 0 Å². The Bertz CT molecular complexity index is 431. The maximum atomic E-state index is 9.83. The smallest absolute Gasteiger partial charge is 0.119 e. The molecule has 0 aliphatic heterocycles. The van der Waals surface area contributed by atoms with Crippen molar-refractivity contribution in [2.24, 2.45) is 0 Å². The predicted molar refractivity (Wildman–Crippen MR) is 79.7 cm³/mol. The average molecular weight is 320 g/mol. The molecule has 1 aromatic carbocycles. The highest BCUT2D eigenvalue weighted by Crippen LogP contribution is 2.21. The van der Waals surface area contributed by atoms with Crippen LogP contribution in [0.5, 0.6) is 5.75 Å². The quantitative estimate of drug-likeness (QED) is 0.428. The minimum absolute atomic E-state index is 0.0342. The van der Waals surface area contributed by atoms with Gasteiger partial charge in [-0.3, -0.25) is 0 Å². The fraction of sp³-hybridized carbons (Fsp3) is 0.571. The summed E-state index contributed by atoms with van der Waals surface area (Å²) in [5.74, 6) is 0.591. The van der Waals surface area contributed by atoms with Crippen LogP contribution in [0.2, 0.25) is 5.02 Å². The second-order valence-corrected chi connectivity index (χ2v) is 5.42. The van der Waals surface area contributed by atoms with E-state index in [1.807, 2.05) is 6.92 Å². The molecule has 5 N–H and O–H groups in total. The molecule has 7 heteroatoms. The van der Waals surface area contributed by atoms with Gasteiger partial charge in [0, 0.05) is 11.6 Å². The molecule has 1 aromatic rings. The third-order valence-electron chi connectivity index (χ3n) is 3.19. The van der Waals surface area contributed by atoms with Gasteiger partial charge < -0.3 is 30.5 Å². The van der Waals surface area contributed by atoms with E-state index < -0.39 is 31.5 Å². The Morgan fingerprint density at radius 2 is 1.86 bits per heavy atom. The van der Waals surface area contributed by atoms with Gasteiger partial charge in [-0.15, -0.1) is 0 Å². The van der Waals surface area contributed by atoms with Crippen LogP contribution < -0.4 is 10.1 Å². The van der Waals surface area contributed by atoms with E-state index >= 15 is 0 Å². The Kier molecular flexibility index (Phi) is 7.37. The Hall–Kier alpha value is -0.890. The average Bonchev–Trinajstić information content (AvgIpc) is 2.50. The van der Waals surface area contributed by atoms with Crippen molar-refractivity contribution in [3.8, 4) is 5.75 Å². The highest BCUT2D eigenvalue weighted by Gasteiger charge is 2.28. The molecule has 0 saturated heterocycles. The van der Waals surface area contributed by atoms with Gasteiger partial charge in [0.15, 0.2) is 0 Å². The molecule has 0 aliphatic rings. The number of hydrogen-bond donors (Lipinski definition) is 5. The Labute approximate surface area is 128 Å². The number of halogens is 1. The first-order valence-electron chi connectivity index (χ1n) is 6.61. The van der Waals surface area contributed by atoms with Crippen LogP contribution in [0.1, 0.15) is 5.56 Å². The lowest BCUT2D eigenvalue weighted by Gasteiger charge is -2.29. The number of hydrogen-bond acceptors (Lipinski definition) is 6. The largest absolute Gasteiger partial charge is 0.491 e. The number of aliphatic hydroxyl groups is 4. The van der Waals surface area contributed by atoms with Gasteiger partial charge in [-0.1, -0.05) is 11.6 Å². The van der Waals surface area contributed by atoms with Crippen molar-refractivity contribution in [1.29, 1.82) is 0 Å². The number of ether oxygens (including phenoxy) is 1. The molecule has 0 aromatic heterocycles. The number of benzene rings is 1. The van der Waals surface area contributed by atoms with E-state index in [0.29, 0.717) is 10.8 Å². The number of aryl methyl sites for hydroxylation is 1. The molecule has 120 valence electrons. The molecule has 0 amide bonds. The van der Waals surface area contributed by atoms with Crippen LogP contribution in [0.4, 0.5) is 0 Å². The molecule has 1 atom stereocenters. The first-order chi connectivity index (χ1) is 9.96. The maximum absolute atomic E-state index is 9.83. The first-order valence-corrected chi connectivity index (χ1v) is 6.99. The molecule has 6 nitrogen and oxygen atoms in total. The third-order valence-corrected chi connectivity index (χ3v) is 3.62. The number of rotatable bonds is 9. The standard InChI is InChI=1S/C14H22ClNO5/c1-10-4-12(2-3-13(10)15)21-6-11(20)5-16-14(7-17,8-18)9-19/h2-4,11,16-20H,5-9H2,1H3. The molecule has 0 fully saturated rings. The number of aliphatic hydroxyl groups excluding tert-OH is 4. The van der Waals surface area contributed by atoms with Crippen LogP contribution in [0.15, 0.2) is 18.2 Å². The van der Waals surface area contributed by atoms with Gasteiger partial charge in [0.25, 0.3) is 0 Å². The second kappa shape index (κ2) is 8.53. The van der Waals surface area contributed by atoms with Gasteiger partial charge in [0.05, 0.1) is 25.4 Å². The van der Waals surface area contributed by atoms with Gasteiger partial charge >= 0.3 is 0 Å². The van der Waals surface area contributed by atoms with E-state index in [1.165, 1.54) is 0 Å². The third kappa shape index (κ3) is 5.43. The molecule has 0 radical (unpaired) electrons. The van der Waals surface area contributed by atoms with Crippen molar-refractivity contribution in [3.63, 3.8) is 0 Å². The minimum Gasteiger partial charge on any atom is -0.491 e. The van der Waals surface area contributed by atoms with Gasteiger partial charge in [0.1, 0.15) is 18.5 Å². The van der Waals surface area contributed by atoms with Crippen LogP contribution in [0.3, 0.4) is 0 Å². The molecule has 1 rings (SSSR count).